The van der Waals surface area contributed by atoms with Gasteiger partial charge in [0.15, 0.2) is 0 Å². The smallest absolute Gasteiger partial charge is 0.214 e. The topological polar surface area (TPSA) is 59.9 Å². The zero-order valence-corrected chi connectivity index (χ0v) is 9.84. The normalized spacial score (nSPS) is 10.0. The van der Waals surface area contributed by atoms with Gasteiger partial charge in [-0.05, 0) is 19.1 Å². The molecule has 0 aliphatic heterocycles. The highest BCUT2D eigenvalue weighted by atomic mass is 16.5. The lowest BCUT2D eigenvalue weighted by Crippen LogP contribution is -2.04. The van der Waals surface area contributed by atoms with Crippen LogP contribution in [0.15, 0.2) is 30.5 Å². The van der Waals surface area contributed by atoms with E-state index in [1.54, 1.807) is 19.4 Å². The van der Waals surface area contributed by atoms with Gasteiger partial charge in [-0.1, -0.05) is 6.07 Å². The molecule has 17 heavy (non-hydrogen) atoms. The van der Waals surface area contributed by atoms with Crippen molar-refractivity contribution in [3.05, 3.63) is 42.0 Å². The molecule has 0 atom stereocenters. The number of nitrogens with one attached hydrogen (secondary N) is 1. The second-order valence-electron chi connectivity index (χ2n) is 3.51. The average Bonchev–Trinajstić information content (AvgIpc) is 2.37. The summed E-state index contributed by atoms with van der Waals surface area (Å²) in [5.41, 5.74) is 0.933. The van der Waals surface area contributed by atoms with Crippen molar-refractivity contribution in [2.24, 2.45) is 0 Å². The third kappa shape index (κ3) is 3.14. The summed E-state index contributed by atoms with van der Waals surface area (Å²) in [6.45, 7) is 2.48. The van der Waals surface area contributed by atoms with Gasteiger partial charge in [0, 0.05) is 12.3 Å². The highest BCUT2D eigenvalue weighted by molar-refractivity contribution is 5.37. The van der Waals surface area contributed by atoms with E-state index < -0.39 is 0 Å². The number of anilines is 1. The number of aryl methyl sites for hydroxylation is 1. The molecule has 0 aliphatic carbocycles. The minimum Gasteiger partial charge on any atom is -0.481 e. The summed E-state index contributed by atoms with van der Waals surface area (Å²) in [6.07, 6.45) is 1.75. The van der Waals surface area contributed by atoms with Gasteiger partial charge in [-0.25, -0.2) is 9.97 Å². The number of aromatic nitrogens is 3. The molecule has 0 bridgehead atoms. The van der Waals surface area contributed by atoms with Gasteiger partial charge in [0.25, 0.3) is 0 Å². The first kappa shape index (κ1) is 11.3. The maximum absolute atomic E-state index is 5.05. The van der Waals surface area contributed by atoms with E-state index in [1.165, 1.54) is 0 Å². The van der Waals surface area contributed by atoms with Gasteiger partial charge in [-0.2, -0.15) is 4.98 Å². The first-order valence-corrected chi connectivity index (χ1v) is 5.31. The molecule has 0 unspecified atom stereocenters. The number of hydrogen-bond donors (Lipinski definition) is 1. The SMILES string of the molecule is COc1cccc(NCc2ccnc(C)n2)n1. The molecular formula is C12H14N4O. The van der Waals surface area contributed by atoms with Crippen LogP contribution in [0.2, 0.25) is 0 Å². The van der Waals surface area contributed by atoms with Crippen molar-refractivity contribution in [1.29, 1.82) is 0 Å². The Morgan fingerprint density at radius 3 is 2.88 bits per heavy atom. The maximum atomic E-state index is 5.05. The third-order valence-electron chi connectivity index (χ3n) is 2.22. The lowest BCUT2D eigenvalue weighted by atomic mass is 10.4. The number of nitrogens with zero attached hydrogens (tertiary/aromatic N) is 3. The Labute approximate surface area is 99.9 Å². The van der Waals surface area contributed by atoms with Crippen molar-refractivity contribution < 1.29 is 4.74 Å². The van der Waals surface area contributed by atoms with Gasteiger partial charge in [0.1, 0.15) is 11.6 Å². The number of ether oxygens (including phenoxy) is 1. The standard InChI is InChI=1S/C12H14N4O/c1-9-13-7-6-10(15-9)8-14-11-4-3-5-12(16-11)17-2/h3-7H,8H2,1-2H3,(H,14,16). The van der Waals surface area contributed by atoms with Crippen LogP contribution in [0.1, 0.15) is 11.5 Å². The third-order valence-corrected chi connectivity index (χ3v) is 2.22. The lowest BCUT2D eigenvalue weighted by Gasteiger charge is -2.06. The summed E-state index contributed by atoms with van der Waals surface area (Å²) in [4.78, 5) is 12.6. The quantitative estimate of drug-likeness (QED) is 0.867. The minimum absolute atomic E-state index is 0.592. The van der Waals surface area contributed by atoms with Crippen LogP contribution in [-0.4, -0.2) is 22.1 Å². The fourth-order valence-electron chi connectivity index (χ4n) is 1.41. The molecule has 2 rings (SSSR count). The summed E-state index contributed by atoms with van der Waals surface area (Å²) in [5, 5.41) is 3.18. The Morgan fingerprint density at radius 2 is 2.12 bits per heavy atom. The summed E-state index contributed by atoms with van der Waals surface area (Å²) in [6, 6.07) is 7.45. The zero-order valence-electron chi connectivity index (χ0n) is 9.84. The highest BCUT2D eigenvalue weighted by Crippen LogP contribution is 2.11. The van der Waals surface area contributed by atoms with Crippen LogP contribution in [0.3, 0.4) is 0 Å². The van der Waals surface area contributed by atoms with E-state index in [1.807, 2.05) is 25.1 Å². The van der Waals surface area contributed by atoms with E-state index >= 15 is 0 Å². The summed E-state index contributed by atoms with van der Waals surface area (Å²) >= 11 is 0. The average molecular weight is 230 g/mol. The summed E-state index contributed by atoms with van der Waals surface area (Å²) in [5.74, 6) is 2.12. The molecule has 0 saturated heterocycles. The molecule has 0 spiro atoms. The fourth-order valence-corrected chi connectivity index (χ4v) is 1.41. The number of rotatable bonds is 4. The Kier molecular flexibility index (Phi) is 3.49. The number of pyridine rings is 1. The van der Waals surface area contributed by atoms with Gasteiger partial charge in [-0.3, -0.25) is 0 Å². The van der Waals surface area contributed by atoms with Gasteiger partial charge in [0.2, 0.25) is 5.88 Å². The molecule has 2 heterocycles. The van der Waals surface area contributed by atoms with Gasteiger partial charge >= 0.3 is 0 Å². The van der Waals surface area contributed by atoms with E-state index in [-0.39, 0.29) is 0 Å². The highest BCUT2D eigenvalue weighted by Gasteiger charge is 1.99. The summed E-state index contributed by atoms with van der Waals surface area (Å²) in [7, 11) is 1.60. The van der Waals surface area contributed by atoms with E-state index in [2.05, 4.69) is 20.3 Å². The lowest BCUT2D eigenvalue weighted by molar-refractivity contribution is 0.398. The van der Waals surface area contributed by atoms with Crippen LogP contribution >= 0.6 is 0 Å². The van der Waals surface area contributed by atoms with Crippen molar-refractivity contribution in [3.8, 4) is 5.88 Å². The minimum atomic E-state index is 0.592. The predicted octanol–water partition coefficient (Wildman–Crippen LogP) is 1.80. The van der Waals surface area contributed by atoms with Gasteiger partial charge < -0.3 is 10.1 Å². The maximum Gasteiger partial charge on any atom is 0.214 e. The molecule has 0 aromatic carbocycles. The molecule has 0 radical (unpaired) electrons. The van der Waals surface area contributed by atoms with Crippen molar-refractivity contribution in [1.82, 2.24) is 15.0 Å². The van der Waals surface area contributed by atoms with Gasteiger partial charge in [-0.15, -0.1) is 0 Å². The Balaban J connectivity index is 2.02. The van der Waals surface area contributed by atoms with Crippen molar-refractivity contribution in [3.63, 3.8) is 0 Å². The predicted molar refractivity (Wildman–Crippen MR) is 64.9 cm³/mol. The molecule has 88 valence electrons. The molecule has 2 aromatic heterocycles. The molecule has 0 aliphatic rings. The summed E-state index contributed by atoms with van der Waals surface area (Å²) < 4.78 is 5.05. The molecule has 5 heteroatoms. The molecule has 0 fully saturated rings. The van der Waals surface area contributed by atoms with E-state index in [0.717, 1.165) is 17.3 Å². The fraction of sp³-hybridized carbons (Fsp3) is 0.250. The van der Waals surface area contributed by atoms with Crippen molar-refractivity contribution in [2.75, 3.05) is 12.4 Å². The van der Waals surface area contributed by atoms with E-state index in [9.17, 15) is 0 Å². The van der Waals surface area contributed by atoms with E-state index in [0.29, 0.717) is 12.4 Å². The second kappa shape index (κ2) is 5.25. The van der Waals surface area contributed by atoms with Crippen molar-refractivity contribution in [2.45, 2.75) is 13.5 Å². The molecule has 0 amide bonds. The second-order valence-corrected chi connectivity index (χ2v) is 3.51. The Bertz CT molecular complexity index is 501. The number of hydrogen-bond acceptors (Lipinski definition) is 5. The zero-order chi connectivity index (χ0) is 12.1. The first-order valence-electron chi connectivity index (χ1n) is 5.31. The Hall–Kier alpha value is -2.17. The first-order chi connectivity index (χ1) is 8.28. The Morgan fingerprint density at radius 1 is 1.24 bits per heavy atom. The monoisotopic (exact) mass is 230 g/mol. The molecule has 5 nitrogen and oxygen atoms in total. The van der Waals surface area contributed by atoms with Crippen LogP contribution in [-0.2, 0) is 6.54 Å². The number of methoxy groups -OCH3 is 1. The van der Waals surface area contributed by atoms with Crippen LogP contribution in [0.25, 0.3) is 0 Å². The molecule has 1 N–H and O–H groups in total. The molecular weight excluding hydrogens is 216 g/mol. The van der Waals surface area contributed by atoms with Crippen LogP contribution in [0.5, 0.6) is 5.88 Å². The van der Waals surface area contributed by atoms with Crippen molar-refractivity contribution >= 4 is 5.82 Å². The van der Waals surface area contributed by atoms with Gasteiger partial charge in [0.05, 0.1) is 19.3 Å². The molecule has 0 saturated carbocycles. The van der Waals surface area contributed by atoms with Crippen LogP contribution in [0, 0.1) is 6.92 Å². The van der Waals surface area contributed by atoms with Crippen LogP contribution in [0.4, 0.5) is 5.82 Å². The molecule has 2 aromatic rings. The largest absolute Gasteiger partial charge is 0.481 e. The van der Waals surface area contributed by atoms with Crippen LogP contribution < -0.4 is 10.1 Å². The van der Waals surface area contributed by atoms with E-state index in [4.69, 9.17) is 4.74 Å².